The van der Waals surface area contributed by atoms with E-state index in [2.05, 4.69) is 19.6 Å². The van der Waals surface area contributed by atoms with E-state index in [1.54, 1.807) is 24.3 Å². The molecular formula is C25H28N4O3S. The standard InChI is InChI=1S/C25H28N4O3S/c1-18-10-11-19(2)29(18)22-14-12-20(13-15-22)25(30)27-21-7-6-8-23(17-21)33(31,32)28-24-9-4-3-5-16-26-24/h6-8,10-15,17H,3-5,9,16H2,1-2H3,(H,26,28)(H,27,30). The molecule has 2 aromatic carbocycles. The van der Waals surface area contributed by atoms with Crippen LogP contribution in [0, 0.1) is 13.8 Å². The second-order valence-electron chi connectivity index (χ2n) is 8.22. The zero-order chi connectivity index (χ0) is 23.4. The molecule has 0 spiro atoms. The lowest BCUT2D eigenvalue weighted by Crippen LogP contribution is -2.30. The van der Waals surface area contributed by atoms with E-state index in [4.69, 9.17) is 0 Å². The predicted octanol–water partition coefficient (Wildman–Crippen LogP) is 4.60. The molecule has 0 atom stereocenters. The highest BCUT2D eigenvalue weighted by Gasteiger charge is 2.18. The van der Waals surface area contributed by atoms with Crippen LogP contribution in [0.4, 0.5) is 5.69 Å². The maximum absolute atomic E-state index is 12.8. The number of carbonyl (C=O) groups is 1. The van der Waals surface area contributed by atoms with Gasteiger partial charge in [-0.05, 0) is 81.3 Å². The highest BCUT2D eigenvalue weighted by Crippen LogP contribution is 2.20. The van der Waals surface area contributed by atoms with Crippen LogP contribution < -0.4 is 10.0 Å². The third-order valence-electron chi connectivity index (χ3n) is 5.69. The molecule has 8 heteroatoms. The minimum absolute atomic E-state index is 0.0844. The first-order valence-electron chi connectivity index (χ1n) is 11.1. The Balaban J connectivity index is 1.48. The Hall–Kier alpha value is -3.39. The van der Waals surface area contributed by atoms with Crippen LogP contribution in [0.3, 0.4) is 0 Å². The fourth-order valence-corrected chi connectivity index (χ4v) is 5.09. The molecule has 0 saturated carbocycles. The number of rotatable bonds is 5. The van der Waals surface area contributed by atoms with Gasteiger partial charge in [0.1, 0.15) is 5.84 Å². The van der Waals surface area contributed by atoms with E-state index in [1.165, 1.54) is 12.1 Å². The van der Waals surface area contributed by atoms with Gasteiger partial charge in [0.25, 0.3) is 15.9 Å². The second kappa shape index (κ2) is 9.62. The number of hydrogen-bond donors (Lipinski definition) is 2. The predicted molar refractivity (Wildman–Crippen MR) is 131 cm³/mol. The third-order valence-corrected chi connectivity index (χ3v) is 7.07. The number of aromatic nitrogens is 1. The molecule has 1 amide bonds. The number of nitrogens with one attached hydrogen (secondary N) is 2. The molecule has 1 aliphatic rings. The van der Waals surface area contributed by atoms with Gasteiger partial charge >= 0.3 is 0 Å². The summed E-state index contributed by atoms with van der Waals surface area (Å²) >= 11 is 0. The van der Waals surface area contributed by atoms with E-state index in [0.717, 1.165) is 36.3 Å². The van der Waals surface area contributed by atoms with Crippen molar-refractivity contribution in [3.05, 3.63) is 77.6 Å². The Bertz CT molecular complexity index is 1270. The van der Waals surface area contributed by atoms with Gasteiger partial charge in [-0.3, -0.25) is 14.5 Å². The Morgan fingerprint density at radius 3 is 2.39 bits per heavy atom. The molecule has 3 aromatic rings. The Labute approximate surface area is 194 Å². The topological polar surface area (TPSA) is 92.6 Å². The van der Waals surface area contributed by atoms with Gasteiger partial charge in [-0.1, -0.05) is 12.5 Å². The smallest absolute Gasteiger partial charge is 0.262 e. The van der Waals surface area contributed by atoms with Gasteiger partial charge < -0.3 is 9.88 Å². The summed E-state index contributed by atoms with van der Waals surface area (Å²) in [5.74, 6) is 0.188. The number of hydrogen-bond acceptors (Lipinski definition) is 4. The molecule has 0 unspecified atom stereocenters. The molecule has 2 N–H and O–H groups in total. The number of benzene rings is 2. The molecule has 1 aromatic heterocycles. The first kappa shape index (κ1) is 22.8. The van der Waals surface area contributed by atoms with Crippen molar-refractivity contribution in [2.24, 2.45) is 4.99 Å². The number of anilines is 1. The second-order valence-corrected chi connectivity index (χ2v) is 9.91. The molecule has 0 bridgehead atoms. The highest BCUT2D eigenvalue weighted by molar-refractivity contribution is 7.90. The highest BCUT2D eigenvalue weighted by atomic mass is 32.2. The van der Waals surface area contributed by atoms with Crippen LogP contribution in [0.25, 0.3) is 5.69 Å². The molecule has 33 heavy (non-hydrogen) atoms. The average molecular weight is 465 g/mol. The van der Waals surface area contributed by atoms with E-state index in [1.807, 2.05) is 38.1 Å². The lowest BCUT2D eigenvalue weighted by molar-refractivity contribution is 0.102. The van der Waals surface area contributed by atoms with Crippen molar-refractivity contribution in [2.45, 2.75) is 44.4 Å². The number of amidine groups is 1. The van der Waals surface area contributed by atoms with E-state index in [9.17, 15) is 13.2 Å². The minimum atomic E-state index is -3.77. The van der Waals surface area contributed by atoms with Crippen molar-refractivity contribution in [3.8, 4) is 5.69 Å². The molecule has 0 aliphatic carbocycles. The van der Waals surface area contributed by atoms with Gasteiger partial charge in [-0.15, -0.1) is 0 Å². The summed E-state index contributed by atoms with van der Waals surface area (Å²) in [6, 6.07) is 17.7. The largest absolute Gasteiger partial charge is 0.322 e. The van der Waals surface area contributed by atoms with Crippen LogP contribution in [-0.2, 0) is 10.0 Å². The van der Waals surface area contributed by atoms with Crippen molar-refractivity contribution in [3.63, 3.8) is 0 Å². The number of aryl methyl sites for hydroxylation is 2. The van der Waals surface area contributed by atoms with Gasteiger partial charge in [0.05, 0.1) is 4.90 Å². The number of sulfonamides is 1. The van der Waals surface area contributed by atoms with Crippen molar-refractivity contribution in [1.29, 1.82) is 0 Å². The fraction of sp³-hybridized carbons (Fsp3) is 0.280. The van der Waals surface area contributed by atoms with Crippen LogP contribution in [0.1, 0.15) is 47.4 Å². The van der Waals surface area contributed by atoms with Crippen molar-refractivity contribution in [2.75, 3.05) is 11.9 Å². The average Bonchev–Trinajstić information content (AvgIpc) is 2.97. The van der Waals surface area contributed by atoms with E-state index >= 15 is 0 Å². The third kappa shape index (κ3) is 5.34. The van der Waals surface area contributed by atoms with Crippen LogP contribution in [-0.4, -0.2) is 31.3 Å². The molecule has 172 valence electrons. The Morgan fingerprint density at radius 1 is 0.939 bits per heavy atom. The van der Waals surface area contributed by atoms with E-state index < -0.39 is 10.0 Å². The molecule has 1 aliphatic heterocycles. The number of aliphatic imine (C=N–C) groups is 1. The summed E-state index contributed by atoms with van der Waals surface area (Å²) in [6.45, 7) is 4.70. The molecule has 0 saturated heterocycles. The molecular weight excluding hydrogens is 436 g/mol. The summed E-state index contributed by atoms with van der Waals surface area (Å²) in [5.41, 5.74) is 4.11. The summed E-state index contributed by atoms with van der Waals surface area (Å²) in [7, 11) is -3.77. The van der Waals surface area contributed by atoms with Crippen LogP contribution in [0.5, 0.6) is 0 Å². The summed E-state index contributed by atoms with van der Waals surface area (Å²) in [4.78, 5) is 17.2. The summed E-state index contributed by atoms with van der Waals surface area (Å²) < 4.78 is 30.3. The first-order chi connectivity index (χ1) is 15.8. The molecule has 0 fully saturated rings. The van der Waals surface area contributed by atoms with Crippen molar-refractivity contribution >= 4 is 27.5 Å². The van der Waals surface area contributed by atoms with Gasteiger partial charge in [0.2, 0.25) is 0 Å². The first-order valence-corrected chi connectivity index (χ1v) is 12.5. The zero-order valence-corrected chi connectivity index (χ0v) is 19.7. The van der Waals surface area contributed by atoms with Gasteiger partial charge in [0.15, 0.2) is 0 Å². The van der Waals surface area contributed by atoms with E-state index in [0.29, 0.717) is 30.1 Å². The van der Waals surface area contributed by atoms with E-state index in [-0.39, 0.29) is 10.8 Å². The van der Waals surface area contributed by atoms with Crippen LogP contribution in [0.2, 0.25) is 0 Å². The summed E-state index contributed by atoms with van der Waals surface area (Å²) in [6.07, 6.45) is 3.55. The van der Waals surface area contributed by atoms with Gasteiger partial charge in [-0.2, -0.15) is 0 Å². The molecule has 0 radical (unpaired) electrons. The molecule has 7 nitrogen and oxygen atoms in total. The normalized spacial score (nSPS) is 14.3. The minimum Gasteiger partial charge on any atom is -0.322 e. The SMILES string of the molecule is Cc1ccc(C)n1-c1ccc(C(=O)Nc2cccc(S(=O)(=O)NC3=NCCCCC3)c2)cc1. The van der Waals surface area contributed by atoms with Crippen LogP contribution >= 0.6 is 0 Å². The number of amides is 1. The monoisotopic (exact) mass is 464 g/mol. The maximum Gasteiger partial charge on any atom is 0.262 e. The fourth-order valence-electron chi connectivity index (χ4n) is 3.95. The summed E-state index contributed by atoms with van der Waals surface area (Å²) in [5, 5.41) is 2.79. The number of nitrogens with zero attached hydrogens (tertiary/aromatic N) is 2. The van der Waals surface area contributed by atoms with Gasteiger partial charge in [0, 0.05) is 41.3 Å². The Morgan fingerprint density at radius 2 is 1.67 bits per heavy atom. The zero-order valence-electron chi connectivity index (χ0n) is 18.8. The van der Waals surface area contributed by atoms with Gasteiger partial charge in [-0.25, -0.2) is 8.42 Å². The molecule has 4 rings (SSSR count). The quantitative estimate of drug-likeness (QED) is 0.578. The number of carbonyl (C=O) groups excluding carboxylic acids is 1. The Kier molecular flexibility index (Phi) is 6.65. The lowest BCUT2D eigenvalue weighted by Gasteiger charge is -2.12. The van der Waals surface area contributed by atoms with Crippen molar-refractivity contribution < 1.29 is 13.2 Å². The lowest BCUT2D eigenvalue weighted by atomic mass is 10.2. The van der Waals surface area contributed by atoms with Crippen molar-refractivity contribution in [1.82, 2.24) is 9.29 Å². The van der Waals surface area contributed by atoms with Crippen LogP contribution in [0.15, 0.2) is 70.6 Å². The molecule has 2 heterocycles. The maximum atomic E-state index is 12.8.